The number of benzene rings is 1. The Morgan fingerprint density at radius 1 is 1.43 bits per heavy atom. The van der Waals surface area contributed by atoms with Gasteiger partial charge in [0.25, 0.3) is 0 Å². The first kappa shape index (κ1) is 11.9. The lowest BCUT2D eigenvalue weighted by Crippen LogP contribution is -2.25. The quantitative estimate of drug-likeness (QED) is 0.844. The Labute approximate surface area is 99.2 Å². The van der Waals surface area contributed by atoms with Gasteiger partial charge in [-0.25, -0.2) is 0 Å². The van der Waals surface area contributed by atoms with Crippen LogP contribution in [0.15, 0.2) is 24.3 Å². The summed E-state index contributed by atoms with van der Waals surface area (Å²) in [6, 6.07) is 8.70. The molecule has 0 spiro atoms. The summed E-state index contributed by atoms with van der Waals surface area (Å²) in [5.41, 5.74) is 1.32. The molecule has 1 rings (SSSR count). The number of hydrogen-bond donors (Lipinski definition) is 1. The van der Waals surface area contributed by atoms with Crippen LogP contribution in [0.5, 0.6) is 0 Å². The minimum absolute atomic E-state index is 0.304. The predicted octanol–water partition coefficient (Wildman–Crippen LogP) is 2.59. The molecule has 1 aromatic rings. The fourth-order valence-electron chi connectivity index (χ4n) is 1.43. The van der Waals surface area contributed by atoms with Crippen molar-refractivity contribution >= 4 is 22.6 Å². The van der Waals surface area contributed by atoms with Crippen LogP contribution in [0.25, 0.3) is 0 Å². The van der Waals surface area contributed by atoms with Crippen molar-refractivity contribution in [2.75, 3.05) is 20.3 Å². The van der Waals surface area contributed by atoms with Gasteiger partial charge in [-0.05, 0) is 40.8 Å². The highest BCUT2D eigenvalue weighted by Gasteiger charge is 2.11. The third kappa shape index (κ3) is 3.22. The maximum Gasteiger partial charge on any atom is 0.0658 e. The van der Waals surface area contributed by atoms with Crippen LogP contribution in [0.3, 0.4) is 0 Å². The van der Waals surface area contributed by atoms with Crippen molar-refractivity contribution in [1.82, 2.24) is 5.32 Å². The molecule has 0 radical (unpaired) electrons. The molecule has 0 saturated heterocycles. The molecule has 3 heteroatoms. The molecule has 0 aromatic heterocycles. The van der Waals surface area contributed by atoms with Crippen LogP contribution in [0.4, 0.5) is 0 Å². The van der Waals surface area contributed by atoms with Crippen molar-refractivity contribution in [2.45, 2.75) is 13.0 Å². The summed E-state index contributed by atoms with van der Waals surface area (Å²) in [6.45, 7) is 3.78. The highest BCUT2D eigenvalue weighted by atomic mass is 127. The first-order chi connectivity index (χ1) is 6.79. The molecule has 78 valence electrons. The van der Waals surface area contributed by atoms with E-state index in [1.807, 2.05) is 0 Å². The van der Waals surface area contributed by atoms with Crippen LogP contribution in [0.2, 0.25) is 0 Å². The average Bonchev–Trinajstić information content (AvgIpc) is 2.18. The number of hydrogen-bond acceptors (Lipinski definition) is 2. The zero-order chi connectivity index (χ0) is 10.4. The smallest absolute Gasteiger partial charge is 0.0658 e. The minimum atomic E-state index is 0.304. The number of halogens is 1. The Bertz CT molecular complexity index is 272. The van der Waals surface area contributed by atoms with Gasteiger partial charge in [0.1, 0.15) is 0 Å². The van der Waals surface area contributed by atoms with Gasteiger partial charge >= 0.3 is 0 Å². The Kier molecular flexibility index (Phi) is 5.44. The molecular weight excluding hydrogens is 289 g/mol. The van der Waals surface area contributed by atoms with Crippen LogP contribution < -0.4 is 5.32 Å². The topological polar surface area (TPSA) is 21.3 Å². The van der Waals surface area contributed by atoms with Crippen molar-refractivity contribution in [1.29, 1.82) is 0 Å². The van der Waals surface area contributed by atoms with Gasteiger partial charge in [0.2, 0.25) is 0 Å². The van der Waals surface area contributed by atoms with E-state index in [0.717, 1.165) is 6.54 Å². The molecular formula is C11H16INO. The number of nitrogens with one attached hydrogen (secondary N) is 1. The lowest BCUT2D eigenvalue weighted by molar-refractivity contribution is 0.167. The van der Waals surface area contributed by atoms with E-state index < -0.39 is 0 Å². The van der Waals surface area contributed by atoms with E-state index in [0.29, 0.717) is 12.6 Å². The monoisotopic (exact) mass is 305 g/mol. The van der Waals surface area contributed by atoms with Crippen LogP contribution in [0, 0.1) is 3.57 Å². The Morgan fingerprint density at radius 3 is 2.71 bits per heavy atom. The van der Waals surface area contributed by atoms with Gasteiger partial charge in [0.05, 0.1) is 12.6 Å². The SMILES string of the molecule is CCNC(COC)c1ccccc1I. The number of methoxy groups -OCH3 is 1. The summed E-state index contributed by atoms with van der Waals surface area (Å²) < 4.78 is 6.49. The second kappa shape index (κ2) is 6.37. The summed E-state index contributed by atoms with van der Waals surface area (Å²) in [7, 11) is 1.74. The molecule has 0 saturated carbocycles. The van der Waals surface area contributed by atoms with Crippen molar-refractivity contribution in [3.8, 4) is 0 Å². The molecule has 0 bridgehead atoms. The molecule has 0 amide bonds. The second-order valence-electron chi connectivity index (χ2n) is 3.09. The molecule has 1 aromatic carbocycles. The lowest BCUT2D eigenvalue weighted by atomic mass is 10.1. The normalized spacial score (nSPS) is 12.8. The third-order valence-electron chi connectivity index (χ3n) is 2.06. The van der Waals surface area contributed by atoms with Gasteiger partial charge in [-0.1, -0.05) is 25.1 Å². The van der Waals surface area contributed by atoms with Gasteiger partial charge in [0.15, 0.2) is 0 Å². The third-order valence-corrected chi connectivity index (χ3v) is 3.05. The molecule has 0 aliphatic carbocycles. The van der Waals surface area contributed by atoms with E-state index in [2.05, 4.69) is 59.1 Å². The maximum absolute atomic E-state index is 5.20. The molecule has 0 heterocycles. The minimum Gasteiger partial charge on any atom is -0.383 e. The first-order valence-electron chi connectivity index (χ1n) is 4.76. The van der Waals surface area contributed by atoms with Crippen LogP contribution >= 0.6 is 22.6 Å². The second-order valence-corrected chi connectivity index (χ2v) is 4.25. The zero-order valence-electron chi connectivity index (χ0n) is 8.59. The summed E-state index contributed by atoms with van der Waals surface area (Å²) in [6.07, 6.45) is 0. The summed E-state index contributed by atoms with van der Waals surface area (Å²) >= 11 is 2.36. The summed E-state index contributed by atoms with van der Waals surface area (Å²) in [4.78, 5) is 0. The summed E-state index contributed by atoms with van der Waals surface area (Å²) in [5.74, 6) is 0. The standard InChI is InChI=1S/C11H16INO/c1-3-13-11(8-14-2)9-6-4-5-7-10(9)12/h4-7,11,13H,3,8H2,1-2H3. The van der Waals surface area contributed by atoms with Crippen LogP contribution in [-0.4, -0.2) is 20.3 Å². The molecule has 14 heavy (non-hydrogen) atoms. The fraction of sp³-hybridized carbons (Fsp3) is 0.455. The van der Waals surface area contributed by atoms with Crippen LogP contribution in [-0.2, 0) is 4.74 Å². The molecule has 0 aliphatic heterocycles. The van der Waals surface area contributed by atoms with E-state index in [1.165, 1.54) is 9.13 Å². The Hall–Kier alpha value is -0.130. The first-order valence-corrected chi connectivity index (χ1v) is 5.84. The highest BCUT2D eigenvalue weighted by Crippen LogP contribution is 2.19. The van der Waals surface area contributed by atoms with E-state index >= 15 is 0 Å². The zero-order valence-corrected chi connectivity index (χ0v) is 10.7. The number of likely N-dealkylation sites (N-methyl/N-ethyl adjacent to an activating group) is 1. The average molecular weight is 305 g/mol. The van der Waals surface area contributed by atoms with E-state index in [4.69, 9.17) is 4.74 Å². The van der Waals surface area contributed by atoms with Crippen molar-refractivity contribution in [3.63, 3.8) is 0 Å². The lowest BCUT2D eigenvalue weighted by Gasteiger charge is -2.18. The molecule has 1 atom stereocenters. The number of ether oxygens (including phenoxy) is 1. The molecule has 1 unspecified atom stereocenters. The Balaban J connectivity index is 2.81. The predicted molar refractivity (Wildman–Crippen MR) is 67.5 cm³/mol. The van der Waals surface area contributed by atoms with Gasteiger partial charge < -0.3 is 10.1 Å². The van der Waals surface area contributed by atoms with Gasteiger partial charge in [-0.3, -0.25) is 0 Å². The number of rotatable bonds is 5. The fourth-order valence-corrected chi connectivity index (χ4v) is 2.19. The molecule has 0 aliphatic rings. The van der Waals surface area contributed by atoms with Gasteiger partial charge in [-0.15, -0.1) is 0 Å². The van der Waals surface area contributed by atoms with E-state index in [1.54, 1.807) is 7.11 Å². The van der Waals surface area contributed by atoms with Crippen molar-refractivity contribution in [3.05, 3.63) is 33.4 Å². The van der Waals surface area contributed by atoms with Gasteiger partial charge in [0, 0.05) is 10.7 Å². The molecule has 0 fully saturated rings. The van der Waals surface area contributed by atoms with Crippen LogP contribution in [0.1, 0.15) is 18.5 Å². The summed E-state index contributed by atoms with van der Waals surface area (Å²) in [5, 5.41) is 3.41. The Morgan fingerprint density at radius 2 is 2.14 bits per heavy atom. The van der Waals surface area contributed by atoms with E-state index in [-0.39, 0.29) is 0 Å². The largest absolute Gasteiger partial charge is 0.383 e. The maximum atomic E-state index is 5.20. The molecule has 1 N–H and O–H groups in total. The van der Waals surface area contributed by atoms with Crippen molar-refractivity contribution < 1.29 is 4.74 Å². The highest BCUT2D eigenvalue weighted by molar-refractivity contribution is 14.1. The van der Waals surface area contributed by atoms with Crippen molar-refractivity contribution in [2.24, 2.45) is 0 Å². The van der Waals surface area contributed by atoms with E-state index in [9.17, 15) is 0 Å². The molecule has 2 nitrogen and oxygen atoms in total. The van der Waals surface area contributed by atoms with Gasteiger partial charge in [-0.2, -0.15) is 0 Å².